The third-order valence-corrected chi connectivity index (χ3v) is 5.70. The van der Waals surface area contributed by atoms with Gasteiger partial charge < -0.3 is 14.9 Å². The van der Waals surface area contributed by atoms with Crippen LogP contribution >= 0.6 is 0 Å². The van der Waals surface area contributed by atoms with Gasteiger partial charge in [-0.15, -0.1) is 0 Å². The van der Waals surface area contributed by atoms with Crippen molar-refractivity contribution in [3.05, 3.63) is 12.2 Å². The Labute approximate surface area is 170 Å². The van der Waals surface area contributed by atoms with Gasteiger partial charge in [0.15, 0.2) is 6.29 Å². The van der Waals surface area contributed by atoms with Crippen LogP contribution in [0.15, 0.2) is 12.2 Å². The summed E-state index contributed by atoms with van der Waals surface area (Å²) in [6, 6.07) is 0. The molecule has 0 bridgehead atoms. The minimum absolute atomic E-state index is 0.135. The zero-order valence-electron chi connectivity index (χ0n) is 17.8. The van der Waals surface area contributed by atoms with E-state index in [0.717, 1.165) is 44.9 Å². The molecule has 0 radical (unpaired) electrons. The van der Waals surface area contributed by atoms with Crippen molar-refractivity contribution < 1.29 is 24.5 Å². The fourth-order valence-electron chi connectivity index (χ4n) is 3.97. The van der Waals surface area contributed by atoms with E-state index in [0.29, 0.717) is 31.1 Å². The molecule has 0 amide bonds. The quantitative estimate of drug-likeness (QED) is 0.215. The number of rotatable bonds is 16. The maximum absolute atomic E-state index is 12.2. The Balaban J connectivity index is 2.32. The van der Waals surface area contributed by atoms with E-state index in [1.807, 2.05) is 6.92 Å². The third kappa shape index (κ3) is 9.33. The molecule has 0 heterocycles. The van der Waals surface area contributed by atoms with Gasteiger partial charge in [-0.25, -0.2) is 0 Å². The van der Waals surface area contributed by atoms with Crippen LogP contribution in [0.1, 0.15) is 90.9 Å². The number of ether oxygens (including phenoxy) is 1. The number of hydrogen-bond donors (Lipinski definition) is 2. The van der Waals surface area contributed by atoms with E-state index in [1.165, 1.54) is 19.3 Å². The second kappa shape index (κ2) is 14.7. The fourth-order valence-corrected chi connectivity index (χ4v) is 3.97. The Morgan fingerprint density at radius 1 is 1.18 bits per heavy atom. The highest BCUT2D eigenvalue weighted by Crippen LogP contribution is 2.34. The lowest BCUT2D eigenvalue weighted by Gasteiger charge is -2.19. The van der Waals surface area contributed by atoms with Crippen molar-refractivity contribution in [2.24, 2.45) is 17.8 Å². The van der Waals surface area contributed by atoms with E-state index in [-0.39, 0.29) is 5.92 Å². The molecule has 2 N–H and O–H groups in total. The van der Waals surface area contributed by atoms with Crippen LogP contribution in [0.3, 0.4) is 0 Å². The Hall–Kier alpha value is -1.20. The summed E-state index contributed by atoms with van der Waals surface area (Å²) in [5.74, 6) is -0.988. The molecule has 1 aliphatic rings. The van der Waals surface area contributed by atoms with Gasteiger partial charge in [0.05, 0.1) is 0 Å². The van der Waals surface area contributed by atoms with Crippen molar-refractivity contribution >= 4 is 11.8 Å². The third-order valence-electron chi connectivity index (χ3n) is 5.70. The molecule has 0 aromatic heterocycles. The lowest BCUT2D eigenvalue weighted by Crippen LogP contribution is -2.30. The summed E-state index contributed by atoms with van der Waals surface area (Å²) in [6.07, 6.45) is 14.3. The van der Waals surface area contributed by atoms with Crippen LogP contribution in [-0.4, -0.2) is 34.9 Å². The number of hydrogen-bond acceptors (Lipinski definition) is 4. The maximum atomic E-state index is 12.2. The first-order valence-corrected chi connectivity index (χ1v) is 11.2. The number of aliphatic carboxylic acids is 1. The number of aliphatic hydroxyl groups excluding tert-OH is 1. The highest BCUT2D eigenvalue weighted by molar-refractivity contribution is 5.83. The van der Waals surface area contributed by atoms with Crippen LogP contribution in [0.2, 0.25) is 0 Å². The van der Waals surface area contributed by atoms with Crippen molar-refractivity contribution in [3.63, 3.8) is 0 Å². The lowest BCUT2D eigenvalue weighted by molar-refractivity contribution is -0.171. The predicted octanol–water partition coefficient (Wildman–Crippen LogP) is 5.11. The predicted molar refractivity (Wildman–Crippen MR) is 111 cm³/mol. The van der Waals surface area contributed by atoms with E-state index in [1.54, 1.807) is 0 Å². The van der Waals surface area contributed by atoms with E-state index in [9.17, 15) is 19.8 Å². The van der Waals surface area contributed by atoms with Crippen molar-refractivity contribution in [1.82, 2.24) is 0 Å². The van der Waals surface area contributed by atoms with Crippen LogP contribution in [0, 0.1) is 17.8 Å². The molecule has 1 rings (SSSR count). The molecule has 1 saturated carbocycles. The van der Waals surface area contributed by atoms with E-state index in [2.05, 4.69) is 19.1 Å². The fraction of sp³-hybridized carbons (Fsp3) is 0.826. The molecule has 0 saturated heterocycles. The van der Waals surface area contributed by atoms with Gasteiger partial charge >= 0.3 is 5.97 Å². The number of carbonyl (C=O) groups is 2. The molecular formula is C23H40O5. The van der Waals surface area contributed by atoms with Gasteiger partial charge in [0, 0.05) is 18.9 Å². The first-order valence-electron chi connectivity index (χ1n) is 11.2. The molecule has 1 fully saturated rings. The zero-order chi connectivity index (χ0) is 20.8. The van der Waals surface area contributed by atoms with Gasteiger partial charge in [-0.2, -0.15) is 0 Å². The minimum atomic E-state index is -1.24. The van der Waals surface area contributed by atoms with Crippen LogP contribution < -0.4 is 0 Å². The van der Waals surface area contributed by atoms with Crippen molar-refractivity contribution in [3.8, 4) is 0 Å². The Bertz CT molecular complexity index is 474. The molecule has 28 heavy (non-hydrogen) atoms. The topological polar surface area (TPSA) is 83.8 Å². The van der Waals surface area contributed by atoms with E-state index < -0.39 is 18.2 Å². The molecule has 1 aliphatic carbocycles. The Morgan fingerprint density at radius 3 is 2.64 bits per heavy atom. The number of carboxylic acids is 1. The number of allylic oxidation sites excluding steroid dienone is 2. The van der Waals surface area contributed by atoms with Gasteiger partial charge in [0.1, 0.15) is 11.7 Å². The van der Waals surface area contributed by atoms with Crippen LogP contribution in [0.5, 0.6) is 0 Å². The molecule has 162 valence electrons. The molecule has 0 aromatic carbocycles. The average Bonchev–Trinajstić information content (AvgIpc) is 3.02. The van der Waals surface area contributed by atoms with Crippen molar-refractivity contribution in [2.45, 2.75) is 97.2 Å². The van der Waals surface area contributed by atoms with Gasteiger partial charge in [0.2, 0.25) is 0 Å². The number of carboxylic acid groups (broad SMARTS) is 1. The van der Waals surface area contributed by atoms with Crippen molar-refractivity contribution in [1.29, 1.82) is 0 Å². The highest BCUT2D eigenvalue weighted by Gasteiger charge is 2.32. The molecule has 0 aliphatic heterocycles. The molecule has 0 aromatic rings. The van der Waals surface area contributed by atoms with E-state index in [4.69, 9.17) is 4.74 Å². The van der Waals surface area contributed by atoms with E-state index >= 15 is 0 Å². The average molecular weight is 397 g/mol. The number of carbonyl (C=O) groups excluding carboxylic acids is 1. The number of Topliss-reactive ketones (excluding diaryl/α,β-unsaturated/α-hetero) is 1. The molecular weight excluding hydrogens is 356 g/mol. The summed E-state index contributed by atoms with van der Waals surface area (Å²) in [4.78, 5) is 23.5. The summed E-state index contributed by atoms with van der Waals surface area (Å²) < 4.78 is 5.17. The molecule has 2 unspecified atom stereocenters. The van der Waals surface area contributed by atoms with Gasteiger partial charge in [-0.3, -0.25) is 9.59 Å². The number of ketones is 1. The normalized spacial score (nSPS) is 22.0. The van der Waals surface area contributed by atoms with Crippen LogP contribution in [0.25, 0.3) is 0 Å². The molecule has 5 nitrogen and oxygen atoms in total. The number of unbranched alkanes of at least 4 members (excludes halogenated alkanes) is 5. The zero-order valence-corrected chi connectivity index (χ0v) is 17.8. The standard InChI is InChI=1S/C23H40O5/c1-3-5-6-7-9-12-18-15-16-21(24)19(18)13-10-8-11-14-20(22(25)26)23(27)28-17-4-2/h9,12,18-20,23,27H,3-8,10-11,13-17H2,1-2H3,(H,25,26)/t18-,19+,20?,23?/m0/s1. The molecule has 0 spiro atoms. The van der Waals surface area contributed by atoms with Gasteiger partial charge in [0.25, 0.3) is 0 Å². The summed E-state index contributed by atoms with van der Waals surface area (Å²) in [5, 5.41) is 19.2. The summed E-state index contributed by atoms with van der Waals surface area (Å²) in [5.41, 5.74) is 0. The first kappa shape index (κ1) is 24.8. The molecule has 4 atom stereocenters. The Morgan fingerprint density at radius 2 is 1.96 bits per heavy atom. The summed E-state index contributed by atoms with van der Waals surface area (Å²) in [7, 11) is 0. The SMILES string of the molecule is CCCCCC=C[C@H]1CCC(=O)[C@@H]1CCCCCC(C(=O)O)C(O)OCCC. The second-order valence-corrected chi connectivity index (χ2v) is 8.04. The second-order valence-electron chi connectivity index (χ2n) is 8.04. The van der Waals surface area contributed by atoms with Gasteiger partial charge in [-0.1, -0.05) is 58.1 Å². The van der Waals surface area contributed by atoms with Crippen LogP contribution in [-0.2, 0) is 14.3 Å². The monoisotopic (exact) mass is 396 g/mol. The first-order chi connectivity index (χ1) is 13.5. The largest absolute Gasteiger partial charge is 0.481 e. The maximum Gasteiger partial charge on any atom is 0.311 e. The highest BCUT2D eigenvalue weighted by atomic mass is 16.6. The van der Waals surface area contributed by atoms with Gasteiger partial charge in [-0.05, 0) is 44.4 Å². The Kier molecular flexibility index (Phi) is 13.1. The van der Waals surface area contributed by atoms with Crippen molar-refractivity contribution in [2.75, 3.05) is 6.61 Å². The minimum Gasteiger partial charge on any atom is -0.481 e. The summed E-state index contributed by atoms with van der Waals surface area (Å²) >= 11 is 0. The lowest BCUT2D eigenvalue weighted by atomic mass is 9.89. The summed E-state index contributed by atoms with van der Waals surface area (Å²) in [6.45, 7) is 4.48. The number of aliphatic hydroxyl groups is 1. The smallest absolute Gasteiger partial charge is 0.311 e. The molecule has 5 heteroatoms. The van der Waals surface area contributed by atoms with Crippen LogP contribution in [0.4, 0.5) is 0 Å².